The van der Waals surface area contributed by atoms with E-state index in [1.54, 1.807) is 18.2 Å². The maximum absolute atomic E-state index is 11.2. The summed E-state index contributed by atoms with van der Waals surface area (Å²) in [6.07, 6.45) is 0. The van der Waals surface area contributed by atoms with Crippen LogP contribution in [0.5, 0.6) is 0 Å². The summed E-state index contributed by atoms with van der Waals surface area (Å²) in [6, 6.07) is 4.91. The molecule has 1 heterocycles. The van der Waals surface area contributed by atoms with Gasteiger partial charge in [-0.25, -0.2) is 0 Å². The Labute approximate surface area is 77.1 Å². The van der Waals surface area contributed by atoms with Crippen LogP contribution in [0.1, 0.15) is 10.4 Å². The molecule has 0 saturated carbocycles. The minimum atomic E-state index is -0.513. The number of amides is 1. The van der Waals surface area contributed by atoms with Crippen molar-refractivity contribution in [3.63, 3.8) is 0 Å². The zero-order chi connectivity index (χ0) is 9.42. The zero-order valence-corrected chi connectivity index (χ0v) is 7.35. The van der Waals surface area contributed by atoms with E-state index < -0.39 is 5.91 Å². The number of nitrogens with two attached hydrogens (primary N) is 1. The highest BCUT2D eigenvalue weighted by Crippen LogP contribution is 2.18. The molecule has 2 rings (SSSR count). The monoisotopic (exact) mass is 194 g/mol. The van der Waals surface area contributed by atoms with Gasteiger partial charge in [-0.15, -0.1) is 0 Å². The van der Waals surface area contributed by atoms with E-state index in [9.17, 15) is 9.59 Å². The highest BCUT2D eigenvalue weighted by molar-refractivity contribution is 7.13. The third-order valence-electron chi connectivity index (χ3n) is 1.77. The third-order valence-corrected chi connectivity index (χ3v) is 2.70. The molecule has 0 atom stereocenters. The van der Waals surface area contributed by atoms with Gasteiger partial charge in [-0.05, 0) is 12.1 Å². The Bertz CT molecular complexity index is 526. The second kappa shape index (κ2) is 2.70. The first-order chi connectivity index (χ1) is 6.20. The number of hydrogen-bond acceptors (Lipinski definition) is 3. The fourth-order valence-electron chi connectivity index (χ4n) is 1.17. The summed E-state index contributed by atoms with van der Waals surface area (Å²) in [5.41, 5.74) is 5.35. The first-order valence-electron chi connectivity index (χ1n) is 3.60. The number of carbonyl (C=O) groups is 1. The predicted molar refractivity (Wildman–Crippen MR) is 51.0 cm³/mol. The number of aromatic amines is 1. The normalized spacial score (nSPS) is 10.5. The Hall–Kier alpha value is -1.62. The molecule has 1 aromatic carbocycles. The van der Waals surface area contributed by atoms with Gasteiger partial charge in [0.1, 0.15) is 0 Å². The molecule has 66 valence electrons. The summed E-state index contributed by atoms with van der Waals surface area (Å²) < 4.78 is 3.18. The van der Waals surface area contributed by atoms with E-state index in [1.165, 1.54) is 0 Å². The van der Waals surface area contributed by atoms with Crippen LogP contribution >= 0.6 is 11.5 Å². The molecule has 0 aliphatic rings. The lowest BCUT2D eigenvalue weighted by Crippen LogP contribution is -2.11. The smallest absolute Gasteiger partial charge is 0.265 e. The molecule has 1 aromatic heterocycles. The average molecular weight is 194 g/mol. The van der Waals surface area contributed by atoms with Crippen LogP contribution in [0.3, 0.4) is 0 Å². The summed E-state index contributed by atoms with van der Waals surface area (Å²) in [5, 5.41) is 0.515. The van der Waals surface area contributed by atoms with Crippen LogP contribution in [-0.4, -0.2) is 10.3 Å². The molecule has 0 fully saturated rings. The fraction of sp³-hybridized carbons (Fsp3) is 0. The van der Waals surface area contributed by atoms with Crippen LogP contribution in [-0.2, 0) is 0 Å². The molecule has 0 aliphatic heterocycles. The first-order valence-corrected chi connectivity index (χ1v) is 4.42. The average Bonchev–Trinajstić information content (AvgIpc) is 2.48. The number of fused-ring (bicyclic) bond motifs is 1. The van der Waals surface area contributed by atoms with Gasteiger partial charge in [0.15, 0.2) is 0 Å². The van der Waals surface area contributed by atoms with Crippen LogP contribution in [0.15, 0.2) is 23.0 Å². The van der Waals surface area contributed by atoms with Crippen LogP contribution in [0, 0.1) is 0 Å². The van der Waals surface area contributed by atoms with Crippen molar-refractivity contribution in [1.82, 2.24) is 4.37 Å². The molecule has 0 spiro atoms. The minimum Gasteiger partial charge on any atom is -0.366 e. The summed E-state index contributed by atoms with van der Waals surface area (Å²) in [7, 11) is 0. The summed E-state index contributed by atoms with van der Waals surface area (Å²) >= 11 is 1.13. The molecule has 0 unspecified atom stereocenters. The van der Waals surface area contributed by atoms with E-state index in [0.717, 1.165) is 11.5 Å². The van der Waals surface area contributed by atoms with Gasteiger partial charge >= 0.3 is 0 Å². The number of H-pyrrole nitrogens is 1. The van der Waals surface area contributed by atoms with Crippen molar-refractivity contribution in [1.29, 1.82) is 0 Å². The minimum absolute atomic E-state index is 0.178. The molecule has 0 radical (unpaired) electrons. The topological polar surface area (TPSA) is 76.0 Å². The van der Waals surface area contributed by atoms with E-state index in [-0.39, 0.29) is 5.56 Å². The molecule has 5 heteroatoms. The lowest BCUT2D eigenvalue weighted by atomic mass is 10.2. The van der Waals surface area contributed by atoms with E-state index >= 15 is 0 Å². The number of nitrogens with one attached hydrogen (secondary N) is 1. The van der Waals surface area contributed by atoms with Crippen LogP contribution < -0.4 is 11.3 Å². The Morgan fingerprint density at radius 1 is 1.46 bits per heavy atom. The summed E-state index contributed by atoms with van der Waals surface area (Å²) in [6.45, 7) is 0. The molecule has 0 aliphatic carbocycles. The number of hydrogen-bond donors (Lipinski definition) is 2. The van der Waals surface area contributed by atoms with E-state index in [4.69, 9.17) is 5.73 Å². The summed E-state index contributed by atoms with van der Waals surface area (Å²) in [4.78, 5) is 22.1. The quantitative estimate of drug-likeness (QED) is 0.700. The van der Waals surface area contributed by atoms with Crippen molar-refractivity contribution in [2.75, 3.05) is 0 Å². The van der Waals surface area contributed by atoms with E-state index in [0.29, 0.717) is 15.6 Å². The lowest BCUT2D eigenvalue weighted by Gasteiger charge is -1.94. The second-order valence-corrected chi connectivity index (χ2v) is 3.40. The van der Waals surface area contributed by atoms with E-state index in [1.807, 2.05) is 0 Å². The van der Waals surface area contributed by atoms with E-state index in [2.05, 4.69) is 4.37 Å². The molecule has 13 heavy (non-hydrogen) atoms. The summed E-state index contributed by atoms with van der Waals surface area (Å²) in [5.74, 6) is -0.513. The number of aromatic nitrogens is 1. The first kappa shape index (κ1) is 8.00. The van der Waals surface area contributed by atoms with Crippen molar-refractivity contribution in [2.24, 2.45) is 5.73 Å². The maximum Gasteiger partial charge on any atom is 0.265 e. The number of rotatable bonds is 1. The third kappa shape index (κ3) is 1.13. The van der Waals surface area contributed by atoms with Gasteiger partial charge in [-0.3, -0.25) is 14.0 Å². The number of benzene rings is 1. The van der Waals surface area contributed by atoms with Crippen molar-refractivity contribution in [3.05, 3.63) is 34.1 Å². The van der Waals surface area contributed by atoms with Crippen molar-refractivity contribution in [3.8, 4) is 0 Å². The second-order valence-electron chi connectivity index (χ2n) is 2.58. The van der Waals surface area contributed by atoms with Gasteiger partial charge in [0.05, 0.1) is 15.6 Å². The molecular weight excluding hydrogens is 188 g/mol. The largest absolute Gasteiger partial charge is 0.366 e. The van der Waals surface area contributed by atoms with Gasteiger partial charge in [0.2, 0.25) is 5.91 Å². The molecular formula is C8H6N2O2S. The highest BCUT2D eigenvalue weighted by Gasteiger charge is 2.09. The predicted octanol–water partition coefficient (Wildman–Crippen LogP) is 0.689. The van der Waals surface area contributed by atoms with Gasteiger partial charge in [-0.1, -0.05) is 17.6 Å². The van der Waals surface area contributed by atoms with Gasteiger partial charge in [-0.2, -0.15) is 0 Å². The van der Waals surface area contributed by atoms with Crippen LogP contribution in [0.2, 0.25) is 0 Å². The van der Waals surface area contributed by atoms with Gasteiger partial charge < -0.3 is 5.73 Å². The lowest BCUT2D eigenvalue weighted by molar-refractivity contribution is 0.100. The molecule has 1 amide bonds. The maximum atomic E-state index is 11.2. The van der Waals surface area contributed by atoms with Crippen LogP contribution in [0.4, 0.5) is 0 Å². The van der Waals surface area contributed by atoms with Gasteiger partial charge in [0.25, 0.3) is 5.56 Å². The standard InChI is InChI=1S/C8H6N2O2S/c9-7(11)4-2-1-3-5-6(4)13-10-8(5)12/h1-3H,(H2,9,11)(H,10,12). The Morgan fingerprint density at radius 3 is 2.92 bits per heavy atom. The zero-order valence-electron chi connectivity index (χ0n) is 6.53. The highest BCUT2D eigenvalue weighted by atomic mass is 32.1. The Kier molecular flexibility index (Phi) is 1.66. The fourth-order valence-corrected chi connectivity index (χ4v) is 2.03. The number of primary amides is 1. The molecule has 4 nitrogen and oxygen atoms in total. The molecule has 2 aromatic rings. The SMILES string of the molecule is NC(=O)c1cccc2c(=O)[nH]sc12. The molecule has 3 N–H and O–H groups in total. The Morgan fingerprint density at radius 2 is 2.23 bits per heavy atom. The van der Waals surface area contributed by atoms with Crippen molar-refractivity contribution < 1.29 is 4.79 Å². The van der Waals surface area contributed by atoms with Crippen LogP contribution in [0.25, 0.3) is 10.1 Å². The molecule has 0 bridgehead atoms. The Balaban J connectivity index is 2.92. The van der Waals surface area contributed by atoms with Crippen molar-refractivity contribution >= 4 is 27.5 Å². The number of carbonyl (C=O) groups excluding carboxylic acids is 1. The van der Waals surface area contributed by atoms with Gasteiger partial charge in [0, 0.05) is 0 Å². The molecule has 0 saturated heterocycles. The van der Waals surface area contributed by atoms with Crippen molar-refractivity contribution in [2.45, 2.75) is 0 Å².